The SMILES string of the molecule is Cc1ccnc(C(C)C)c1-n1c(=O)nc(N2C[C@@H](C)N(C(=O)OC(C)(C)C)C[C@@H]2C)c2cc(C#N)c(-c3cccnc3N)nc21. The van der Waals surface area contributed by atoms with Crippen LogP contribution < -0.4 is 16.3 Å². The lowest BCUT2D eigenvalue weighted by Gasteiger charge is -2.44. The number of piperazine rings is 1. The van der Waals surface area contributed by atoms with Crippen LogP contribution in [0.5, 0.6) is 0 Å². The predicted octanol–water partition coefficient (Wildman–Crippen LogP) is 4.96. The summed E-state index contributed by atoms with van der Waals surface area (Å²) < 4.78 is 7.14. The maximum Gasteiger partial charge on any atom is 0.410 e. The Morgan fingerprint density at radius 2 is 1.84 bits per heavy atom. The number of nitrogens with two attached hydrogens (primary N) is 1. The zero-order valence-corrected chi connectivity index (χ0v) is 27.0. The Bertz CT molecular complexity index is 1890. The zero-order chi connectivity index (χ0) is 32.8. The largest absolute Gasteiger partial charge is 0.444 e. The molecule has 45 heavy (non-hydrogen) atoms. The second-order valence-electron chi connectivity index (χ2n) is 12.9. The number of pyridine rings is 3. The number of hydrogen-bond donors (Lipinski definition) is 1. The van der Waals surface area contributed by atoms with Crippen molar-refractivity contribution in [1.29, 1.82) is 5.26 Å². The molecule has 0 spiro atoms. The lowest BCUT2D eigenvalue weighted by atomic mass is 10.0. The molecule has 4 aromatic heterocycles. The van der Waals surface area contributed by atoms with Gasteiger partial charge in [-0.3, -0.25) is 4.98 Å². The predicted molar refractivity (Wildman–Crippen MR) is 173 cm³/mol. The van der Waals surface area contributed by atoms with E-state index in [-0.39, 0.29) is 29.4 Å². The summed E-state index contributed by atoms with van der Waals surface area (Å²) in [6, 6.07) is 8.80. The Hall–Kier alpha value is -5.05. The molecule has 0 aromatic carbocycles. The van der Waals surface area contributed by atoms with Gasteiger partial charge in [0.25, 0.3) is 0 Å². The Morgan fingerprint density at radius 3 is 2.49 bits per heavy atom. The monoisotopic (exact) mass is 609 g/mol. The van der Waals surface area contributed by atoms with Crippen molar-refractivity contribution in [3.8, 4) is 23.0 Å². The molecule has 1 saturated heterocycles. The van der Waals surface area contributed by atoms with Gasteiger partial charge in [0.2, 0.25) is 0 Å². The molecule has 0 saturated carbocycles. The van der Waals surface area contributed by atoms with Crippen molar-refractivity contribution in [3.63, 3.8) is 0 Å². The number of anilines is 2. The summed E-state index contributed by atoms with van der Waals surface area (Å²) in [6.45, 7) is 16.1. The number of amides is 1. The third-order valence-corrected chi connectivity index (χ3v) is 7.87. The molecule has 5 heterocycles. The Morgan fingerprint density at radius 1 is 1.11 bits per heavy atom. The van der Waals surface area contributed by atoms with E-state index in [1.165, 1.54) is 4.57 Å². The number of fused-ring (bicyclic) bond motifs is 1. The molecule has 4 aromatic rings. The second-order valence-corrected chi connectivity index (χ2v) is 12.9. The fourth-order valence-electron chi connectivity index (χ4n) is 5.74. The summed E-state index contributed by atoms with van der Waals surface area (Å²) in [5, 5.41) is 10.8. The molecule has 1 aliphatic heterocycles. The maximum absolute atomic E-state index is 14.2. The fourth-order valence-corrected chi connectivity index (χ4v) is 5.74. The average molecular weight is 610 g/mol. The number of carbonyl (C=O) groups excluding carboxylic acids is 1. The molecule has 1 aliphatic rings. The molecule has 1 amide bonds. The molecule has 234 valence electrons. The minimum atomic E-state index is -0.631. The van der Waals surface area contributed by atoms with Crippen LogP contribution in [-0.4, -0.2) is 66.3 Å². The van der Waals surface area contributed by atoms with Crippen LogP contribution in [0.25, 0.3) is 28.0 Å². The van der Waals surface area contributed by atoms with Gasteiger partial charge in [-0.15, -0.1) is 0 Å². The van der Waals surface area contributed by atoms with Gasteiger partial charge in [0.15, 0.2) is 5.65 Å². The molecule has 2 N–H and O–H groups in total. The smallest absolute Gasteiger partial charge is 0.410 e. The number of nitrogens with zero attached hydrogens (tertiary/aromatic N) is 8. The summed E-state index contributed by atoms with van der Waals surface area (Å²) in [5.41, 5.74) is 8.58. The van der Waals surface area contributed by atoms with Gasteiger partial charge in [0.1, 0.15) is 23.3 Å². The highest BCUT2D eigenvalue weighted by Crippen LogP contribution is 2.35. The number of rotatable bonds is 4. The van der Waals surface area contributed by atoms with Crippen molar-refractivity contribution in [1.82, 2.24) is 29.4 Å². The highest BCUT2D eigenvalue weighted by molar-refractivity contribution is 5.93. The molecular weight excluding hydrogens is 570 g/mol. The third kappa shape index (κ3) is 5.90. The van der Waals surface area contributed by atoms with Gasteiger partial charge in [-0.1, -0.05) is 13.8 Å². The van der Waals surface area contributed by atoms with Gasteiger partial charge in [0.05, 0.1) is 28.0 Å². The molecule has 0 bridgehead atoms. The van der Waals surface area contributed by atoms with E-state index >= 15 is 0 Å². The number of nitrogen functional groups attached to an aromatic ring is 1. The molecule has 12 nitrogen and oxygen atoms in total. The average Bonchev–Trinajstić information content (AvgIpc) is 2.97. The second kappa shape index (κ2) is 11.8. The Labute approximate surface area is 262 Å². The van der Waals surface area contributed by atoms with Crippen LogP contribution in [0.4, 0.5) is 16.4 Å². The molecule has 12 heteroatoms. The van der Waals surface area contributed by atoms with Crippen LogP contribution in [0.15, 0.2) is 41.5 Å². The molecule has 1 fully saturated rings. The molecular formula is C33H39N9O3. The van der Waals surface area contributed by atoms with E-state index in [1.807, 2.05) is 66.4 Å². The lowest BCUT2D eigenvalue weighted by molar-refractivity contribution is 0.0130. The van der Waals surface area contributed by atoms with Crippen molar-refractivity contribution < 1.29 is 9.53 Å². The third-order valence-electron chi connectivity index (χ3n) is 7.87. The van der Waals surface area contributed by atoms with Crippen molar-refractivity contribution in [2.45, 2.75) is 79.0 Å². The molecule has 0 radical (unpaired) electrons. The van der Waals surface area contributed by atoms with Crippen LogP contribution >= 0.6 is 0 Å². The first kappa shape index (κ1) is 31.4. The van der Waals surface area contributed by atoms with Crippen LogP contribution in [-0.2, 0) is 4.74 Å². The van der Waals surface area contributed by atoms with Crippen molar-refractivity contribution in [2.24, 2.45) is 0 Å². The van der Waals surface area contributed by atoms with Gasteiger partial charge in [0, 0.05) is 43.1 Å². The maximum atomic E-state index is 14.2. The van der Waals surface area contributed by atoms with E-state index in [2.05, 4.69) is 21.0 Å². The van der Waals surface area contributed by atoms with E-state index in [1.54, 1.807) is 35.5 Å². The van der Waals surface area contributed by atoms with E-state index in [0.29, 0.717) is 46.9 Å². The van der Waals surface area contributed by atoms with Crippen molar-refractivity contribution >= 4 is 28.8 Å². The first-order chi connectivity index (χ1) is 21.2. The number of aryl methyl sites for hydroxylation is 1. The fraction of sp³-hybridized carbons (Fsp3) is 0.424. The van der Waals surface area contributed by atoms with Gasteiger partial charge < -0.3 is 20.3 Å². The summed E-state index contributed by atoms with van der Waals surface area (Å²) in [4.78, 5) is 49.3. The number of ether oxygens (including phenoxy) is 1. The minimum absolute atomic E-state index is 0.00449. The molecule has 2 atom stereocenters. The van der Waals surface area contributed by atoms with E-state index in [4.69, 9.17) is 15.5 Å². The highest BCUT2D eigenvalue weighted by atomic mass is 16.6. The summed E-state index contributed by atoms with van der Waals surface area (Å²) >= 11 is 0. The van der Waals surface area contributed by atoms with E-state index in [9.17, 15) is 14.9 Å². The van der Waals surface area contributed by atoms with Gasteiger partial charge in [-0.05, 0) is 77.3 Å². The number of carbonyl (C=O) groups is 1. The summed E-state index contributed by atoms with van der Waals surface area (Å²) in [7, 11) is 0. The molecule has 0 aliphatic carbocycles. The number of aromatic nitrogens is 5. The minimum Gasteiger partial charge on any atom is -0.444 e. The van der Waals surface area contributed by atoms with Crippen molar-refractivity contribution in [2.75, 3.05) is 23.7 Å². The zero-order valence-electron chi connectivity index (χ0n) is 27.0. The highest BCUT2D eigenvalue weighted by Gasteiger charge is 2.36. The van der Waals surface area contributed by atoms with Crippen LogP contribution in [0.1, 0.15) is 71.2 Å². The normalized spacial score (nSPS) is 17.1. The standard InChI is InChI=1S/C33H39N9O3/c1-18(2)25-27(19(3)11-13-36-25)42-30-24(14-22(15-34)26(38-30)23-10-9-12-37-28(23)35)29(39-31(42)43)40-16-21(5)41(17-20(40)4)32(44)45-33(6,7)8/h9-14,18,20-21H,16-17H2,1-8H3,(H2,35,37)/t20-,21+/m0/s1. The van der Waals surface area contributed by atoms with Gasteiger partial charge >= 0.3 is 11.8 Å². The molecule has 5 rings (SSSR count). The summed E-state index contributed by atoms with van der Waals surface area (Å²) in [6.07, 6.45) is 2.89. The topological polar surface area (TPSA) is 156 Å². The van der Waals surface area contributed by atoms with Crippen LogP contribution in [0.2, 0.25) is 0 Å². The van der Waals surface area contributed by atoms with Crippen molar-refractivity contribution in [3.05, 3.63) is 64.0 Å². The Kier molecular flexibility index (Phi) is 8.23. The van der Waals surface area contributed by atoms with Crippen LogP contribution in [0.3, 0.4) is 0 Å². The van der Waals surface area contributed by atoms with Gasteiger partial charge in [-0.25, -0.2) is 24.1 Å². The lowest BCUT2D eigenvalue weighted by Crippen LogP contribution is -2.59. The van der Waals surface area contributed by atoms with E-state index in [0.717, 1.165) is 11.3 Å². The summed E-state index contributed by atoms with van der Waals surface area (Å²) in [5.74, 6) is 0.595. The number of hydrogen-bond acceptors (Lipinski definition) is 10. The number of nitriles is 1. The van der Waals surface area contributed by atoms with E-state index < -0.39 is 17.4 Å². The van der Waals surface area contributed by atoms with Gasteiger partial charge in [-0.2, -0.15) is 10.2 Å². The quantitative estimate of drug-likeness (QED) is 0.335. The first-order valence-electron chi connectivity index (χ1n) is 15.0. The first-order valence-corrected chi connectivity index (χ1v) is 15.0. The molecule has 0 unspecified atom stereocenters. The Balaban J connectivity index is 1.77. The van der Waals surface area contributed by atoms with Crippen LogP contribution in [0, 0.1) is 18.3 Å².